The summed E-state index contributed by atoms with van der Waals surface area (Å²) in [6.45, 7) is 6.93. The summed E-state index contributed by atoms with van der Waals surface area (Å²) in [5.41, 5.74) is 2.33. The van der Waals surface area contributed by atoms with Crippen molar-refractivity contribution in [1.82, 2.24) is 15.3 Å². The smallest absolute Gasteiger partial charge is 0.143 e. The number of piperidine rings is 1. The standard InChI is InChI=1S/C21H27ClN4O/c1-14(2)11-25-21-7-3-6-19(26-21)17-9-16(24-13-18(17)22)10-20(27)15-5-4-8-23-12-15/h3,6-7,9,13-15,23H,4-5,8,10-12H2,1-2H3,(H,25,26)/t15-/m1/s1. The molecule has 3 heterocycles. The molecule has 0 aliphatic carbocycles. The number of ketones is 1. The number of halogens is 1. The van der Waals surface area contributed by atoms with E-state index in [1.807, 2.05) is 24.3 Å². The fraction of sp³-hybridized carbons (Fsp3) is 0.476. The van der Waals surface area contributed by atoms with Gasteiger partial charge in [0.2, 0.25) is 0 Å². The largest absolute Gasteiger partial charge is 0.370 e. The molecule has 1 saturated heterocycles. The Bertz CT molecular complexity index is 788. The number of aromatic nitrogens is 2. The van der Waals surface area contributed by atoms with Crippen molar-refractivity contribution in [1.29, 1.82) is 0 Å². The van der Waals surface area contributed by atoms with Crippen molar-refractivity contribution >= 4 is 23.2 Å². The van der Waals surface area contributed by atoms with Gasteiger partial charge in [0.05, 0.1) is 10.7 Å². The lowest BCUT2D eigenvalue weighted by Crippen LogP contribution is -2.35. The van der Waals surface area contributed by atoms with Crippen LogP contribution in [0.1, 0.15) is 32.4 Å². The van der Waals surface area contributed by atoms with Crippen molar-refractivity contribution in [3.05, 3.63) is 41.2 Å². The van der Waals surface area contributed by atoms with Crippen molar-refractivity contribution in [2.45, 2.75) is 33.1 Å². The Hall–Kier alpha value is -1.98. The maximum atomic E-state index is 12.6. The minimum Gasteiger partial charge on any atom is -0.370 e. The third kappa shape index (κ3) is 5.50. The van der Waals surface area contributed by atoms with E-state index in [1.54, 1.807) is 6.20 Å². The first-order valence-corrected chi connectivity index (χ1v) is 10.00. The lowest BCUT2D eigenvalue weighted by atomic mass is 9.92. The minimum absolute atomic E-state index is 0.0846. The SMILES string of the molecule is CC(C)CNc1cccc(-c2cc(CC(=O)[C@@H]3CCCNC3)ncc2Cl)n1. The van der Waals surface area contributed by atoms with Crippen molar-refractivity contribution in [2.75, 3.05) is 25.0 Å². The number of carbonyl (C=O) groups is 1. The summed E-state index contributed by atoms with van der Waals surface area (Å²) >= 11 is 6.38. The quantitative estimate of drug-likeness (QED) is 0.753. The lowest BCUT2D eigenvalue weighted by molar-refractivity contribution is -0.122. The topological polar surface area (TPSA) is 66.9 Å². The highest BCUT2D eigenvalue weighted by atomic mass is 35.5. The number of pyridine rings is 2. The molecular formula is C21H27ClN4O. The van der Waals surface area contributed by atoms with E-state index in [0.717, 1.165) is 55.2 Å². The summed E-state index contributed by atoms with van der Waals surface area (Å²) in [5.74, 6) is 1.68. The van der Waals surface area contributed by atoms with E-state index in [-0.39, 0.29) is 11.7 Å². The van der Waals surface area contributed by atoms with Crippen LogP contribution >= 0.6 is 11.6 Å². The van der Waals surface area contributed by atoms with Crippen molar-refractivity contribution in [3.63, 3.8) is 0 Å². The second-order valence-corrected chi connectivity index (χ2v) is 7.93. The Kier molecular flexibility index (Phi) is 6.80. The fourth-order valence-corrected chi connectivity index (χ4v) is 3.42. The summed E-state index contributed by atoms with van der Waals surface area (Å²) in [7, 11) is 0. The Balaban J connectivity index is 1.77. The highest BCUT2D eigenvalue weighted by Gasteiger charge is 2.21. The number of nitrogens with one attached hydrogen (secondary N) is 2. The zero-order chi connectivity index (χ0) is 19.2. The van der Waals surface area contributed by atoms with E-state index in [2.05, 4.69) is 34.4 Å². The molecular weight excluding hydrogens is 360 g/mol. The average molecular weight is 387 g/mol. The second kappa shape index (κ2) is 9.29. The van der Waals surface area contributed by atoms with Crippen molar-refractivity contribution < 1.29 is 4.79 Å². The van der Waals surface area contributed by atoms with Crippen LogP contribution in [0.15, 0.2) is 30.5 Å². The van der Waals surface area contributed by atoms with Gasteiger partial charge >= 0.3 is 0 Å². The Morgan fingerprint density at radius 3 is 3.00 bits per heavy atom. The maximum Gasteiger partial charge on any atom is 0.143 e. The molecule has 6 heteroatoms. The molecule has 2 aromatic heterocycles. The van der Waals surface area contributed by atoms with Crippen LogP contribution in [0.2, 0.25) is 5.02 Å². The van der Waals surface area contributed by atoms with Gasteiger partial charge in [-0.15, -0.1) is 0 Å². The van der Waals surface area contributed by atoms with Gasteiger partial charge in [-0.1, -0.05) is 31.5 Å². The van der Waals surface area contributed by atoms with Crippen LogP contribution in [0.3, 0.4) is 0 Å². The first-order chi connectivity index (χ1) is 13.0. The number of Topliss-reactive ketones (excluding diaryl/α,β-unsaturated/α-hetero) is 1. The van der Waals surface area contributed by atoms with E-state index in [9.17, 15) is 4.79 Å². The molecule has 0 amide bonds. The molecule has 2 N–H and O–H groups in total. The highest BCUT2D eigenvalue weighted by molar-refractivity contribution is 6.33. The molecule has 0 unspecified atom stereocenters. The number of carbonyl (C=O) groups excluding carboxylic acids is 1. The molecule has 2 aromatic rings. The van der Waals surface area contributed by atoms with Gasteiger partial charge in [0.25, 0.3) is 0 Å². The number of rotatable bonds is 7. The molecule has 0 bridgehead atoms. The number of anilines is 1. The Morgan fingerprint density at radius 1 is 1.41 bits per heavy atom. The van der Waals surface area contributed by atoms with Gasteiger partial charge < -0.3 is 10.6 Å². The van der Waals surface area contributed by atoms with Crippen LogP contribution < -0.4 is 10.6 Å². The predicted octanol–water partition coefficient (Wildman–Crippen LogP) is 3.98. The van der Waals surface area contributed by atoms with Gasteiger partial charge in [0.1, 0.15) is 11.6 Å². The molecule has 1 atom stereocenters. The molecule has 0 aromatic carbocycles. The summed E-state index contributed by atoms with van der Waals surface area (Å²) in [5, 5.41) is 7.17. The van der Waals surface area contributed by atoms with Gasteiger partial charge in [-0.2, -0.15) is 0 Å². The summed E-state index contributed by atoms with van der Waals surface area (Å²) in [6, 6.07) is 7.73. The lowest BCUT2D eigenvalue weighted by Gasteiger charge is -2.21. The van der Waals surface area contributed by atoms with Gasteiger partial charge in [-0.3, -0.25) is 9.78 Å². The monoisotopic (exact) mass is 386 g/mol. The van der Waals surface area contributed by atoms with Gasteiger partial charge in [-0.05, 0) is 43.5 Å². The van der Waals surface area contributed by atoms with Crippen molar-refractivity contribution in [2.24, 2.45) is 11.8 Å². The van der Waals surface area contributed by atoms with Crippen LogP contribution in [-0.2, 0) is 11.2 Å². The molecule has 1 fully saturated rings. The third-order valence-corrected chi connectivity index (χ3v) is 5.04. The number of nitrogens with zero attached hydrogens (tertiary/aromatic N) is 2. The molecule has 5 nitrogen and oxygen atoms in total. The predicted molar refractivity (Wildman–Crippen MR) is 110 cm³/mol. The molecule has 0 radical (unpaired) electrons. The molecule has 3 rings (SSSR count). The molecule has 144 valence electrons. The molecule has 27 heavy (non-hydrogen) atoms. The third-order valence-electron chi connectivity index (χ3n) is 4.74. The van der Waals surface area contributed by atoms with Crippen LogP contribution in [0.25, 0.3) is 11.3 Å². The Labute approximate surface area is 166 Å². The van der Waals surface area contributed by atoms with E-state index in [4.69, 9.17) is 11.6 Å². The molecule has 1 aliphatic rings. The first-order valence-electron chi connectivity index (χ1n) is 9.62. The van der Waals surface area contributed by atoms with Gasteiger partial charge in [-0.25, -0.2) is 4.98 Å². The van der Waals surface area contributed by atoms with Crippen molar-refractivity contribution in [3.8, 4) is 11.3 Å². The van der Waals surface area contributed by atoms with E-state index >= 15 is 0 Å². The zero-order valence-electron chi connectivity index (χ0n) is 16.0. The van der Waals surface area contributed by atoms with Crippen LogP contribution in [-0.4, -0.2) is 35.4 Å². The number of hydrogen-bond donors (Lipinski definition) is 2. The summed E-state index contributed by atoms with van der Waals surface area (Å²) in [4.78, 5) is 21.6. The van der Waals surface area contributed by atoms with E-state index < -0.39 is 0 Å². The summed E-state index contributed by atoms with van der Waals surface area (Å²) in [6.07, 6.45) is 3.96. The Morgan fingerprint density at radius 2 is 2.26 bits per heavy atom. The van der Waals surface area contributed by atoms with Gasteiger partial charge in [0, 0.05) is 42.9 Å². The average Bonchev–Trinajstić information content (AvgIpc) is 2.68. The zero-order valence-corrected chi connectivity index (χ0v) is 16.7. The minimum atomic E-state index is 0.0846. The second-order valence-electron chi connectivity index (χ2n) is 7.52. The van der Waals surface area contributed by atoms with Crippen LogP contribution in [0.4, 0.5) is 5.82 Å². The van der Waals surface area contributed by atoms with Gasteiger partial charge in [0.15, 0.2) is 0 Å². The van der Waals surface area contributed by atoms with E-state index in [0.29, 0.717) is 17.4 Å². The maximum absolute atomic E-state index is 12.6. The summed E-state index contributed by atoms with van der Waals surface area (Å²) < 4.78 is 0. The first kappa shape index (κ1) is 19.8. The molecule has 0 spiro atoms. The van der Waals surface area contributed by atoms with Crippen LogP contribution in [0.5, 0.6) is 0 Å². The fourth-order valence-electron chi connectivity index (χ4n) is 3.22. The molecule has 1 aliphatic heterocycles. The number of hydrogen-bond acceptors (Lipinski definition) is 5. The normalized spacial score (nSPS) is 17.1. The molecule has 0 saturated carbocycles. The van der Waals surface area contributed by atoms with Crippen LogP contribution in [0, 0.1) is 11.8 Å². The highest BCUT2D eigenvalue weighted by Crippen LogP contribution is 2.28. The van der Waals surface area contributed by atoms with E-state index in [1.165, 1.54) is 0 Å².